The zero-order chi connectivity index (χ0) is 18.5. The molecule has 0 amide bonds. The van der Waals surface area contributed by atoms with Crippen LogP contribution in [0, 0.1) is 6.92 Å². The number of benzene rings is 2. The molecule has 2 heterocycles. The first-order valence-electron chi connectivity index (χ1n) is 9.34. The van der Waals surface area contributed by atoms with Crippen molar-refractivity contribution in [1.82, 2.24) is 14.9 Å². The van der Waals surface area contributed by atoms with Crippen molar-refractivity contribution in [3.8, 4) is 11.6 Å². The molecule has 138 valence electrons. The van der Waals surface area contributed by atoms with E-state index in [1.54, 1.807) is 6.33 Å². The molecule has 3 aromatic rings. The lowest BCUT2D eigenvalue weighted by Gasteiger charge is -2.35. The predicted octanol–water partition coefficient (Wildman–Crippen LogP) is 3.90. The highest BCUT2D eigenvalue weighted by atomic mass is 16.5. The molecule has 0 N–H and O–H groups in total. The minimum atomic E-state index is 0.581. The van der Waals surface area contributed by atoms with Crippen molar-refractivity contribution in [2.45, 2.75) is 13.5 Å². The minimum absolute atomic E-state index is 0.581. The summed E-state index contributed by atoms with van der Waals surface area (Å²) in [6.45, 7) is 6.99. The Morgan fingerprint density at radius 3 is 2.48 bits per heavy atom. The third kappa shape index (κ3) is 4.63. The van der Waals surface area contributed by atoms with Crippen LogP contribution in [0.4, 0.5) is 5.82 Å². The lowest BCUT2D eigenvalue weighted by molar-refractivity contribution is 0.249. The van der Waals surface area contributed by atoms with Crippen molar-refractivity contribution in [1.29, 1.82) is 0 Å². The summed E-state index contributed by atoms with van der Waals surface area (Å²) >= 11 is 0. The Morgan fingerprint density at radius 2 is 1.70 bits per heavy atom. The highest BCUT2D eigenvalue weighted by Crippen LogP contribution is 2.23. The maximum Gasteiger partial charge on any atom is 0.224 e. The second kappa shape index (κ2) is 8.18. The van der Waals surface area contributed by atoms with E-state index in [-0.39, 0.29) is 0 Å². The van der Waals surface area contributed by atoms with E-state index < -0.39 is 0 Å². The second-order valence-corrected chi connectivity index (χ2v) is 6.88. The van der Waals surface area contributed by atoms with Gasteiger partial charge in [-0.1, -0.05) is 42.5 Å². The van der Waals surface area contributed by atoms with E-state index in [0.717, 1.165) is 49.9 Å². The molecule has 27 heavy (non-hydrogen) atoms. The molecule has 1 aromatic heterocycles. The highest BCUT2D eigenvalue weighted by molar-refractivity contribution is 5.42. The van der Waals surface area contributed by atoms with Crippen LogP contribution < -0.4 is 9.64 Å². The minimum Gasteiger partial charge on any atom is -0.439 e. The lowest BCUT2D eigenvalue weighted by Crippen LogP contribution is -2.46. The van der Waals surface area contributed by atoms with Gasteiger partial charge in [0.1, 0.15) is 17.9 Å². The zero-order valence-corrected chi connectivity index (χ0v) is 15.6. The predicted molar refractivity (Wildman–Crippen MR) is 107 cm³/mol. The molecule has 0 saturated carbocycles. The first-order chi connectivity index (χ1) is 13.3. The summed E-state index contributed by atoms with van der Waals surface area (Å²) in [5.74, 6) is 2.30. The fourth-order valence-electron chi connectivity index (χ4n) is 3.33. The fourth-order valence-corrected chi connectivity index (χ4v) is 3.33. The Labute approximate surface area is 160 Å². The molecule has 0 aliphatic carbocycles. The van der Waals surface area contributed by atoms with Gasteiger partial charge in [0.2, 0.25) is 5.88 Å². The standard InChI is InChI=1S/C22H24N4O/c1-18-6-5-9-20(14-18)27-22-15-21(23-17-24-22)26-12-10-25(11-13-26)16-19-7-3-2-4-8-19/h2-9,14-15,17H,10-13,16H2,1H3. The monoisotopic (exact) mass is 360 g/mol. The smallest absolute Gasteiger partial charge is 0.224 e. The van der Waals surface area contributed by atoms with E-state index in [1.807, 2.05) is 37.3 Å². The molecular formula is C22H24N4O. The topological polar surface area (TPSA) is 41.5 Å². The number of piperazine rings is 1. The van der Waals surface area contributed by atoms with Gasteiger partial charge in [0.25, 0.3) is 0 Å². The second-order valence-electron chi connectivity index (χ2n) is 6.88. The normalized spacial score (nSPS) is 14.9. The maximum atomic E-state index is 5.90. The summed E-state index contributed by atoms with van der Waals surface area (Å²) in [4.78, 5) is 13.5. The molecule has 1 saturated heterocycles. The quantitative estimate of drug-likeness (QED) is 0.690. The molecule has 1 fully saturated rings. The van der Waals surface area contributed by atoms with E-state index >= 15 is 0 Å². The van der Waals surface area contributed by atoms with Gasteiger partial charge in [-0.25, -0.2) is 9.97 Å². The SMILES string of the molecule is Cc1cccc(Oc2cc(N3CCN(Cc4ccccc4)CC3)ncn2)c1. The molecule has 0 unspecified atom stereocenters. The van der Waals surface area contributed by atoms with E-state index in [1.165, 1.54) is 5.56 Å². The number of hydrogen-bond donors (Lipinski definition) is 0. The molecule has 0 radical (unpaired) electrons. The van der Waals surface area contributed by atoms with Crippen LogP contribution in [0.1, 0.15) is 11.1 Å². The summed E-state index contributed by atoms with van der Waals surface area (Å²) in [5.41, 5.74) is 2.53. The molecule has 1 aliphatic rings. The molecule has 4 rings (SSSR count). The molecule has 5 heteroatoms. The number of ether oxygens (including phenoxy) is 1. The Hall–Kier alpha value is -2.92. The molecule has 5 nitrogen and oxygen atoms in total. The van der Waals surface area contributed by atoms with Gasteiger partial charge in [-0.3, -0.25) is 4.90 Å². The van der Waals surface area contributed by atoms with Crippen LogP contribution in [0.2, 0.25) is 0 Å². The van der Waals surface area contributed by atoms with Crippen molar-refractivity contribution in [3.05, 3.63) is 78.1 Å². The zero-order valence-electron chi connectivity index (χ0n) is 15.6. The number of nitrogens with zero attached hydrogens (tertiary/aromatic N) is 4. The van der Waals surface area contributed by atoms with Gasteiger partial charge in [0.05, 0.1) is 0 Å². The third-order valence-corrected chi connectivity index (χ3v) is 4.78. The van der Waals surface area contributed by atoms with Gasteiger partial charge in [-0.2, -0.15) is 0 Å². The lowest BCUT2D eigenvalue weighted by atomic mass is 10.2. The summed E-state index contributed by atoms with van der Waals surface area (Å²) < 4.78 is 5.90. The molecule has 0 bridgehead atoms. The van der Waals surface area contributed by atoms with Gasteiger partial charge in [-0.05, 0) is 30.2 Å². The van der Waals surface area contributed by atoms with Crippen LogP contribution in [0.15, 0.2) is 67.0 Å². The van der Waals surface area contributed by atoms with E-state index in [9.17, 15) is 0 Å². The summed E-state index contributed by atoms with van der Waals surface area (Å²) in [5, 5.41) is 0. The average Bonchev–Trinajstić information content (AvgIpc) is 2.70. The first-order valence-corrected chi connectivity index (χ1v) is 9.34. The van der Waals surface area contributed by atoms with Crippen molar-refractivity contribution in [2.24, 2.45) is 0 Å². The molecule has 2 aromatic carbocycles. The van der Waals surface area contributed by atoms with Crippen molar-refractivity contribution >= 4 is 5.82 Å². The molecule has 0 atom stereocenters. The van der Waals surface area contributed by atoms with Gasteiger partial charge >= 0.3 is 0 Å². The van der Waals surface area contributed by atoms with Crippen molar-refractivity contribution in [3.63, 3.8) is 0 Å². The van der Waals surface area contributed by atoms with Gasteiger partial charge in [-0.15, -0.1) is 0 Å². The Balaban J connectivity index is 1.37. The molecule has 0 spiro atoms. The summed E-state index contributed by atoms with van der Waals surface area (Å²) in [6.07, 6.45) is 1.58. The van der Waals surface area contributed by atoms with Crippen molar-refractivity contribution in [2.75, 3.05) is 31.1 Å². The van der Waals surface area contributed by atoms with E-state index in [0.29, 0.717) is 5.88 Å². The molecule has 1 aliphatic heterocycles. The Kier molecular flexibility index (Phi) is 5.30. The summed E-state index contributed by atoms with van der Waals surface area (Å²) in [7, 11) is 0. The number of aromatic nitrogens is 2. The number of aryl methyl sites for hydroxylation is 1. The molecular weight excluding hydrogens is 336 g/mol. The largest absolute Gasteiger partial charge is 0.439 e. The average molecular weight is 360 g/mol. The first kappa shape index (κ1) is 17.5. The number of anilines is 1. The van der Waals surface area contributed by atoms with Crippen LogP contribution in [0.3, 0.4) is 0 Å². The van der Waals surface area contributed by atoms with E-state index in [2.05, 4.69) is 50.1 Å². The Morgan fingerprint density at radius 1 is 0.889 bits per heavy atom. The highest BCUT2D eigenvalue weighted by Gasteiger charge is 2.18. The van der Waals surface area contributed by atoms with E-state index in [4.69, 9.17) is 4.74 Å². The third-order valence-electron chi connectivity index (χ3n) is 4.78. The fraction of sp³-hybridized carbons (Fsp3) is 0.273. The Bertz CT molecular complexity index is 876. The van der Waals surface area contributed by atoms with Crippen LogP contribution in [0.25, 0.3) is 0 Å². The maximum absolute atomic E-state index is 5.90. The number of hydrogen-bond acceptors (Lipinski definition) is 5. The number of rotatable bonds is 5. The van der Waals surface area contributed by atoms with Crippen LogP contribution >= 0.6 is 0 Å². The van der Waals surface area contributed by atoms with Crippen molar-refractivity contribution < 1.29 is 4.74 Å². The van der Waals surface area contributed by atoms with Crippen LogP contribution in [-0.2, 0) is 6.54 Å². The van der Waals surface area contributed by atoms with Gasteiger partial charge in [0, 0.05) is 38.8 Å². The van der Waals surface area contributed by atoms with Crippen LogP contribution in [0.5, 0.6) is 11.6 Å². The van der Waals surface area contributed by atoms with Crippen LogP contribution in [-0.4, -0.2) is 41.0 Å². The van der Waals surface area contributed by atoms with Gasteiger partial charge in [0.15, 0.2) is 0 Å². The summed E-state index contributed by atoms with van der Waals surface area (Å²) in [6, 6.07) is 20.5. The van der Waals surface area contributed by atoms with Gasteiger partial charge < -0.3 is 9.64 Å².